The molecule has 0 amide bonds. The van der Waals surface area contributed by atoms with Crippen molar-refractivity contribution in [1.82, 2.24) is 0 Å². The molecule has 1 saturated heterocycles. The molecule has 10 heteroatoms. The third-order valence-corrected chi connectivity index (χ3v) is 5.17. The molecule has 208 valence electrons. The summed E-state index contributed by atoms with van der Waals surface area (Å²) in [5.74, 6) is -2.57. The standard InChI is InChI=1S/C26H44O10/c1-23(2,3)19(28)32-13-14-15(34-20(29)24(4,5)6)16(35-21(30)25(7,8)9)17(18(27)33-14)36-22(31)26(10,11)12/h14-18,27H,13H2,1-12H3/t14-,15-,16+,17+,18-/m1/s1. The van der Waals surface area contributed by atoms with Crippen LogP contribution in [0.25, 0.3) is 0 Å². The first-order valence-corrected chi connectivity index (χ1v) is 12.1. The maximum Gasteiger partial charge on any atom is 0.311 e. The maximum absolute atomic E-state index is 12.9. The number of ether oxygens (including phenoxy) is 5. The van der Waals surface area contributed by atoms with Crippen LogP contribution in [0.3, 0.4) is 0 Å². The number of rotatable bonds is 5. The van der Waals surface area contributed by atoms with Crippen molar-refractivity contribution in [2.24, 2.45) is 21.7 Å². The molecule has 0 aromatic rings. The van der Waals surface area contributed by atoms with Crippen LogP contribution < -0.4 is 0 Å². The van der Waals surface area contributed by atoms with Gasteiger partial charge in [-0.05, 0) is 83.1 Å². The van der Waals surface area contributed by atoms with E-state index >= 15 is 0 Å². The van der Waals surface area contributed by atoms with Gasteiger partial charge in [-0.2, -0.15) is 0 Å². The lowest BCUT2D eigenvalue weighted by Crippen LogP contribution is -2.63. The summed E-state index contributed by atoms with van der Waals surface area (Å²) in [6, 6.07) is 0. The van der Waals surface area contributed by atoms with Crippen LogP contribution >= 0.6 is 0 Å². The van der Waals surface area contributed by atoms with Gasteiger partial charge in [0.2, 0.25) is 0 Å². The number of esters is 4. The van der Waals surface area contributed by atoms with Crippen LogP contribution in [0.5, 0.6) is 0 Å². The normalized spacial score (nSPS) is 25.5. The van der Waals surface area contributed by atoms with Gasteiger partial charge in [-0.25, -0.2) is 0 Å². The first-order valence-electron chi connectivity index (χ1n) is 12.1. The molecule has 0 saturated carbocycles. The van der Waals surface area contributed by atoms with Gasteiger partial charge >= 0.3 is 23.9 Å². The van der Waals surface area contributed by atoms with E-state index in [0.717, 1.165) is 0 Å². The highest BCUT2D eigenvalue weighted by Crippen LogP contribution is 2.33. The highest BCUT2D eigenvalue weighted by atomic mass is 16.7. The van der Waals surface area contributed by atoms with Gasteiger partial charge in [0, 0.05) is 0 Å². The predicted molar refractivity (Wildman–Crippen MR) is 129 cm³/mol. The summed E-state index contributed by atoms with van der Waals surface area (Å²) in [6.07, 6.45) is -7.25. The Morgan fingerprint density at radius 1 is 0.583 bits per heavy atom. The van der Waals surface area contributed by atoms with E-state index in [1.165, 1.54) is 0 Å². The van der Waals surface area contributed by atoms with E-state index in [4.69, 9.17) is 23.7 Å². The fourth-order valence-corrected chi connectivity index (χ4v) is 2.71. The Bertz CT molecular complexity index is 820. The molecule has 0 aromatic carbocycles. The van der Waals surface area contributed by atoms with E-state index in [-0.39, 0.29) is 0 Å². The van der Waals surface area contributed by atoms with Crippen molar-refractivity contribution in [1.29, 1.82) is 0 Å². The van der Waals surface area contributed by atoms with E-state index < -0.39 is 82.8 Å². The first-order chi connectivity index (χ1) is 16.0. The molecule has 36 heavy (non-hydrogen) atoms. The number of hydrogen-bond acceptors (Lipinski definition) is 10. The summed E-state index contributed by atoms with van der Waals surface area (Å²) in [5, 5.41) is 10.8. The second-order valence-corrected chi connectivity index (χ2v) is 13.3. The number of aliphatic hydroxyl groups excluding tert-OH is 1. The zero-order chi connectivity index (χ0) is 28.4. The van der Waals surface area contributed by atoms with Crippen molar-refractivity contribution in [3.8, 4) is 0 Å². The average molecular weight is 517 g/mol. The maximum atomic E-state index is 12.9. The number of hydrogen-bond donors (Lipinski definition) is 1. The molecular formula is C26H44O10. The summed E-state index contributed by atoms with van der Waals surface area (Å²) < 4.78 is 28.0. The van der Waals surface area contributed by atoms with Crippen LogP contribution in [0.1, 0.15) is 83.1 Å². The fourth-order valence-electron chi connectivity index (χ4n) is 2.71. The quantitative estimate of drug-likeness (QED) is 0.429. The van der Waals surface area contributed by atoms with Crippen LogP contribution in [0.15, 0.2) is 0 Å². The lowest BCUT2D eigenvalue weighted by molar-refractivity contribution is -0.300. The highest BCUT2D eigenvalue weighted by Gasteiger charge is 2.54. The minimum atomic E-state index is -1.75. The summed E-state index contributed by atoms with van der Waals surface area (Å²) >= 11 is 0. The minimum absolute atomic E-state index is 0.404. The van der Waals surface area contributed by atoms with E-state index in [0.29, 0.717) is 0 Å². The number of aliphatic hydroxyl groups is 1. The molecule has 1 heterocycles. The molecule has 1 fully saturated rings. The Balaban J connectivity index is 3.50. The molecule has 1 N–H and O–H groups in total. The lowest BCUT2D eigenvalue weighted by Gasteiger charge is -2.44. The van der Waals surface area contributed by atoms with Gasteiger partial charge in [0.25, 0.3) is 0 Å². The van der Waals surface area contributed by atoms with Crippen molar-refractivity contribution >= 4 is 23.9 Å². The first kappa shape index (κ1) is 31.8. The summed E-state index contributed by atoms with van der Waals surface area (Å²) in [4.78, 5) is 50.8. The second kappa shape index (κ2) is 11.0. The Morgan fingerprint density at radius 3 is 1.28 bits per heavy atom. The van der Waals surface area contributed by atoms with E-state index in [1.54, 1.807) is 83.1 Å². The topological polar surface area (TPSA) is 135 Å². The van der Waals surface area contributed by atoms with Crippen molar-refractivity contribution < 1.29 is 48.0 Å². The summed E-state index contributed by atoms with van der Waals surface area (Å²) in [7, 11) is 0. The molecule has 0 aromatic heterocycles. The molecule has 0 spiro atoms. The van der Waals surface area contributed by atoms with Crippen LogP contribution in [-0.2, 0) is 42.9 Å². The van der Waals surface area contributed by atoms with Crippen molar-refractivity contribution in [3.63, 3.8) is 0 Å². The molecule has 1 rings (SSSR count). The fraction of sp³-hybridized carbons (Fsp3) is 0.846. The molecule has 1 aliphatic heterocycles. The smallest absolute Gasteiger partial charge is 0.311 e. The van der Waals surface area contributed by atoms with Gasteiger partial charge in [-0.3, -0.25) is 19.2 Å². The minimum Gasteiger partial charge on any atom is -0.462 e. The molecule has 1 aliphatic rings. The highest BCUT2D eigenvalue weighted by molar-refractivity contribution is 5.78. The molecular weight excluding hydrogens is 472 g/mol. The average Bonchev–Trinajstić information content (AvgIpc) is 2.67. The molecule has 5 atom stereocenters. The van der Waals surface area contributed by atoms with Gasteiger partial charge in [-0.15, -0.1) is 0 Å². The van der Waals surface area contributed by atoms with E-state index in [2.05, 4.69) is 0 Å². The monoisotopic (exact) mass is 516 g/mol. The van der Waals surface area contributed by atoms with Gasteiger partial charge in [0.15, 0.2) is 24.6 Å². The summed E-state index contributed by atoms with van der Waals surface area (Å²) in [5.41, 5.74) is -3.68. The van der Waals surface area contributed by atoms with Crippen LogP contribution in [-0.4, -0.2) is 66.3 Å². The number of carbonyl (C=O) groups is 4. The van der Waals surface area contributed by atoms with Gasteiger partial charge < -0.3 is 28.8 Å². The molecule has 10 nitrogen and oxygen atoms in total. The van der Waals surface area contributed by atoms with E-state index in [1.807, 2.05) is 0 Å². The lowest BCUT2D eigenvalue weighted by atomic mass is 9.93. The summed E-state index contributed by atoms with van der Waals surface area (Å²) in [6.45, 7) is 19.2. The van der Waals surface area contributed by atoms with Crippen LogP contribution in [0, 0.1) is 21.7 Å². The van der Waals surface area contributed by atoms with Gasteiger partial charge in [0.05, 0.1) is 21.7 Å². The Hall–Kier alpha value is -2.20. The van der Waals surface area contributed by atoms with Crippen LogP contribution in [0.4, 0.5) is 0 Å². The largest absolute Gasteiger partial charge is 0.462 e. The molecule has 0 bridgehead atoms. The Kier molecular flexibility index (Phi) is 9.77. The third kappa shape index (κ3) is 8.73. The van der Waals surface area contributed by atoms with Gasteiger partial charge in [0.1, 0.15) is 12.7 Å². The van der Waals surface area contributed by atoms with Crippen molar-refractivity contribution in [2.45, 2.75) is 114 Å². The Labute approximate surface area is 214 Å². The Morgan fingerprint density at radius 2 is 0.917 bits per heavy atom. The van der Waals surface area contributed by atoms with Gasteiger partial charge in [-0.1, -0.05) is 0 Å². The van der Waals surface area contributed by atoms with Crippen molar-refractivity contribution in [3.05, 3.63) is 0 Å². The SMILES string of the molecule is CC(C)(C)C(=O)OC[C@H]1O[C@@H](O)[C@@H](OC(=O)C(C)(C)C)[C@@H](OC(=O)C(C)(C)C)[C@@H]1OC(=O)C(C)(C)C. The zero-order valence-corrected chi connectivity index (χ0v) is 23.7. The third-order valence-electron chi connectivity index (χ3n) is 5.17. The second-order valence-electron chi connectivity index (χ2n) is 13.3. The van der Waals surface area contributed by atoms with Crippen molar-refractivity contribution in [2.75, 3.05) is 6.61 Å². The zero-order valence-electron chi connectivity index (χ0n) is 23.7. The molecule has 0 aliphatic carbocycles. The van der Waals surface area contributed by atoms with Crippen LogP contribution in [0.2, 0.25) is 0 Å². The molecule has 0 unspecified atom stereocenters. The number of carbonyl (C=O) groups excluding carboxylic acids is 4. The molecule has 0 radical (unpaired) electrons. The predicted octanol–water partition coefficient (Wildman–Crippen LogP) is 3.17. The van der Waals surface area contributed by atoms with E-state index in [9.17, 15) is 24.3 Å².